The molecule has 30 heavy (non-hydrogen) atoms. The molecule has 0 bridgehead atoms. The molecule has 154 valence electrons. The Balaban J connectivity index is 1.50. The lowest BCUT2D eigenvalue weighted by molar-refractivity contribution is 0.305. The molecule has 0 radical (unpaired) electrons. The van der Waals surface area contributed by atoms with Gasteiger partial charge < -0.3 is 4.74 Å². The normalized spacial score (nSPS) is 12.0. The molecule has 0 aliphatic heterocycles. The zero-order valence-electron chi connectivity index (χ0n) is 16.7. The molecule has 0 N–H and O–H groups in total. The van der Waals surface area contributed by atoms with Crippen LogP contribution in [0.5, 0.6) is 5.75 Å². The van der Waals surface area contributed by atoms with Gasteiger partial charge >= 0.3 is 0 Å². The molecule has 2 aromatic carbocycles. The highest BCUT2D eigenvalue weighted by molar-refractivity contribution is 9.10. The van der Waals surface area contributed by atoms with Crippen molar-refractivity contribution in [2.45, 2.75) is 32.6 Å². The number of fused-ring (bicyclic) bond motifs is 1. The van der Waals surface area contributed by atoms with E-state index in [4.69, 9.17) is 4.74 Å². The minimum Gasteiger partial charge on any atom is -0.494 e. The number of hydrogen-bond donors (Lipinski definition) is 0. The van der Waals surface area contributed by atoms with Crippen LogP contribution in [-0.2, 0) is 0 Å². The topological polar surface area (TPSA) is 56.5 Å². The maximum absolute atomic E-state index is 12.7. The Morgan fingerprint density at radius 2 is 1.83 bits per heavy atom. The average Bonchev–Trinajstić information content (AvgIpc) is 3.30. The predicted octanol–water partition coefficient (Wildman–Crippen LogP) is 5.09. The van der Waals surface area contributed by atoms with Crippen molar-refractivity contribution in [3.63, 3.8) is 0 Å². The number of benzene rings is 2. The number of aromatic nitrogens is 3. The molecule has 4 aromatic rings. The Kier molecular flexibility index (Phi) is 6.59. The fourth-order valence-corrected chi connectivity index (χ4v) is 4.26. The van der Waals surface area contributed by atoms with Crippen LogP contribution in [0.15, 0.2) is 57.8 Å². The van der Waals surface area contributed by atoms with Crippen LogP contribution in [0.2, 0.25) is 0 Å². The third-order valence-electron chi connectivity index (χ3n) is 4.73. The van der Waals surface area contributed by atoms with E-state index in [1.165, 1.54) is 35.1 Å². The summed E-state index contributed by atoms with van der Waals surface area (Å²) in [6.45, 7) is 2.93. The van der Waals surface area contributed by atoms with Crippen molar-refractivity contribution >= 4 is 38.3 Å². The summed E-state index contributed by atoms with van der Waals surface area (Å²) in [7, 11) is 0. The van der Waals surface area contributed by atoms with Crippen molar-refractivity contribution in [2.75, 3.05) is 6.61 Å². The molecule has 7 heteroatoms. The molecule has 0 fully saturated rings. The Morgan fingerprint density at radius 1 is 1.07 bits per heavy atom. The lowest BCUT2D eigenvalue weighted by atomic mass is 10.2. The van der Waals surface area contributed by atoms with E-state index >= 15 is 0 Å². The SMILES string of the molecule is CCCCCCOc1ccc(-c2nc3s/c(=C\c4ccc(Br)cc4)c(=O)n3n2)cc1. The fraction of sp³-hybridized carbons (Fsp3) is 0.261. The minimum atomic E-state index is -0.149. The predicted molar refractivity (Wildman–Crippen MR) is 125 cm³/mol. The first kappa shape index (κ1) is 20.8. The van der Waals surface area contributed by atoms with Crippen LogP contribution in [0.25, 0.3) is 22.4 Å². The lowest BCUT2D eigenvalue weighted by Crippen LogP contribution is -2.23. The van der Waals surface area contributed by atoms with Gasteiger partial charge in [-0.05, 0) is 54.5 Å². The zero-order valence-corrected chi connectivity index (χ0v) is 19.1. The van der Waals surface area contributed by atoms with Crippen molar-refractivity contribution in [3.8, 4) is 17.1 Å². The van der Waals surface area contributed by atoms with Gasteiger partial charge in [-0.1, -0.05) is 65.6 Å². The molecular formula is C23H22BrN3O2S. The van der Waals surface area contributed by atoms with E-state index in [-0.39, 0.29) is 5.56 Å². The minimum absolute atomic E-state index is 0.149. The van der Waals surface area contributed by atoms with Gasteiger partial charge in [0.15, 0.2) is 5.82 Å². The van der Waals surface area contributed by atoms with Crippen molar-refractivity contribution in [1.29, 1.82) is 0 Å². The highest BCUT2D eigenvalue weighted by Crippen LogP contribution is 2.21. The number of nitrogens with zero attached hydrogens (tertiary/aromatic N) is 3. The summed E-state index contributed by atoms with van der Waals surface area (Å²) in [5.74, 6) is 1.38. The smallest absolute Gasteiger partial charge is 0.291 e. The zero-order chi connectivity index (χ0) is 20.9. The number of ether oxygens (including phenoxy) is 1. The first-order chi connectivity index (χ1) is 14.6. The monoisotopic (exact) mass is 483 g/mol. The van der Waals surface area contributed by atoms with Gasteiger partial charge in [-0.3, -0.25) is 4.79 Å². The second-order valence-electron chi connectivity index (χ2n) is 7.03. The maximum atomic E-state index is 12.7. The molecule has 0 unspecified atom stereocenters. The summed E-state index contributed by atoms with van der Waals surface area (Å²) in [5.41, 5.74) is 1.68. The molecule has 0 aliphatic carbocycles. The molecular weight excluding hydrogens is 462 g/mol. The van der Waals surface area contributed by atoms with E-state index in [9.17, 15) is 4.79 Å². The summed E-state index contributed by atoms with van der Waals surface area (Å²) in [4.78, 5) is 17.8. The van der Waals surface area contributed by atoms with Crippen LogP contribution in [0, 0.1) is 0 Å². The number of thiazole rings is 1. The highest BCUT2D eigenvalue weighted by Gasteiger charge is 2.12. The number of halogens is 1. The molecule has 5 nitrogen and oxygen atoms in total. The van der Waals surface area contributed by atoms with Crippen LogP contribution in [-0.4, -0.2) is 21.2 Å². The van der Waals surface area contributed by atoms with Gasteiger partial charge in [-0.15, -0.1) is 5.10 Å². The number of unbranched alkanes of at least 4 members (excludes halogenated alkanes) is 3. The summed E-state index contributed by atoms with van der Waals surface area (Å²) >= 11 is 4.76. The van der Waals surface area contributed by atoms with Gasteiger partial charge in [0.25, 0.3) is 5.56 Å². The third kappa shape index (κ3) is 4.79. The van der Waals surface area contributed by atoms with Crippen molar-refractivity contribution in [3.05, 3.63) is 73.5 Å². The van der Waals surface area contributed by atoms with Crippen molar-refractivity contribution in [2.24, 2.45) is 0 Å². The first-order valence-electron chi connectivity index (χ1n) is 10.0. The quantitative estimate of drug-likeness (QED) is 0.327. The molecule has 2 aromatic heterocycles. The van der Waals surface area contributed by atoms with Crippen LogP contribution in [0.3, 0.4) is 0 Å². The number of rotatable bonds is 8. The maximum Gasteiger partial charge on any atom is 0.291 e. The van der Waals surface area contributed by atoms with E-state index < -0.39 is 0 Å². The Morgan fingerprint density at radius 3 is 2.53 bits per heavy atom. The summed E-state index contributed by atoms with van der Waals surface area (Å²) in [6, 6.07) is 15.5. The van der Waals surface area contributed by atoms with E-state index in [0.29, 0.717) is 15.3 Å². The second kappa shape index (κ2) is 9.53. The van der Waals surface area contributed by atoms with Crippen molar-refractivity contribution in [1.82, 2.24) is 14.6 Å². The Hall–Kier alpha value is -2.51. The van der Waals surface area contributed by atoms with E-state index in [2.05, 4.69) is 32.9 Å². The largest absolute Gasteiger partial charge is 0.494 e. The van der Waals surface area contributed by atoms with Crippen LogP contribution in [0.4, 0.5) is 0 Å². The highest BCUT2D eigenvalue weighted by atomic mass is 79.9. The third-order valence-corrected chi connectivity index (χ3v) is 6.22. The number of hydrogen-bond acceptors (Lipinski definition) is 5. The Labute approximate surface area is 187 Å². The molecule has 0 amide bonds. The molecule has 0 atom stereocenters. The van der Waals surface area contributed by atoms with Gasteiger partial charge in [0.2, 0.25) is 4.96 Å². The molecule has 0 aliphatic rings. The van der Waals surface area contributed by atoms with E-state index in [0.717, 1.165) is 34.4 Å². The molecule has 0 saturated heterocycles. The van der Waals surface area contributed by atoms with E-state index in [1.807, 2.05) is 54.6 Å². The second-order valence-corrected chi connectivity index (χ2v) is 8.96. The lowest BCUT2D eigenvalue weighted by Gasteiger charge is -2.06. The standard InChI is InChI=1S/C23H22BrN3O2S/c1-2-3-4-5-14-29-19-12-8-17(9-13-19)21-25-23-27(26-21)22(28)20(30-23)15-16-6-10-18(24)11-7-16/h6-13,15H,2-5,14H2,1H3/b20-15-. The summed E-state index contributed by atoms with van der Waals surface area (Å²) in [6.07, 6.45) is 6.60. The van der Waals surface area contributed by atoms with Crippen LogP contribution in [0.1, 0.15) is 38.2 Å². The van der Waals surface area contributed by atoms with Crippen LogP contribution < -0.4 is 14.8 Å². The average molecular weight is 484 g/mol. The van der Waals surface area contributed by atoms with Gasteiger partial charge in [0, 0.05) is 10.0 Å². The molecule has 0 saturated carbocycles. The van der Waals surface area contributed by atoms with E-state index in [1.54, 1.807) is 0 Å². The van der Waals surface area contributed by atoms with Gasteiger partial charge in [0.05, 0.1) is 11.1 Å². The molecule has 2 heterocycles. The molecule has 0 spiro atoms. The summed E-state index contributed by atoms with van der Waals surface area (Å²) < 4.78 is 8.78. The van der Waals surface area contributed by atoms with Gasteiger partial charge in [-0.2, -0.15) is 9.50 Å². The fourth-order valence-electron chi connectivity index (χ4n) is 3.09. The molecule has 4 rings (SSSR count). The van der Waals surface area contributed by atoms with Gasteiger partial charge in [-0.25, -0.2) is 0 Å². The first-order valence-corrected chi connectivity index (χ1v) is 11.6. The Bertz CT molecular complexity index is 1230. The van der Waals surface area contributed by atoms with Crippen LogP contribution >= 0.6 is 27.3 Å². The summed E-state index contributed by atoms with van der Waals surface area (Å²) in [5, 5.41) is 4.42. The van der Waals surface area contributed by atoms with Gasteiger partial charge in [0.1, 0.15) is 5.75 Å². The van der Waals surface area contributed by atoms with Crippen molar-refractivity contribution < 1.29 is 4.74 Å².